The average Bonchev–Trinajstić information content (AvgIpc) is 2.24. The molecule has 3 nitrogen and oxygen atoms in total. The predicted octanol–water partition coefficient (Wildman–Crippen LogP) is 2.09. The summed E-state index contributed by atoms with van der Waals surface area (Å²) in [6, 6.07) is 7.22. The number of nitrogens with one attached hydrogen (secondary N) is 2. The van der Waals surface area contributed by atoms with Gasteiger partial charge in [0.1, 0.15) is 6.54 Å². The van der Waals surface area contributed by atoms with Gasteiger partial charge in [0.15, 0.2) is 0 Å². The molecule has 0 radical (unpaired) electrons. The van der Waals surface area contributed by atoms with Gasteiger partial charge in [0, 0.05) is 5.69 Å². The van der Waals surface area contributed by atoms with Gasteiger partial charge in [-0.1, -0.05) is 18.2 Å². The van der Waals surface area contributed by atoms with Gasteiger partial charge in [0.2, 0.25) is 5.91 Å². The number of hydrogen-bond donors (Lipinski definition) is 2. The molecule has 1 rings (SSSR count). The van der Waals surface area contributed by atoms with Crippen LogP contribution in [0.5, 0.6) is 0 Å². The van der Waals surface area contributed by atoms with Crippen molar-refractivity contribution in [2.45, 2.75) is 13.1 Å². The van der Waals surface area contributed by atoms with Gasteiger partial charge in [-0.15, -0.1) is 0 Å². The molecule has 1 aromatic rings. The first kappa shape index (κ1) is 13.3. The van der Waals surface area contributed by atoms with Crippen LogP contribution in [0, 0.1) is 6.92 Å². The molecule has 0 bridgehead atoms. The van der Waals surface area contributed by atoms with Crippen LogP contribution in [0.1, 0.15) is 5.56 Å². The fourth-order valence-electron chi connectivity index (χ4n) is 1.21. The lowest BCUT2D eigenvalue weighted by atomic mass is 10.2. The van der Waals surface area contributed by atoms with Gasteiger partial charge >= 0.3 is 6.18 Å². The van der Waals surface area contributed by atoms with Crippen molar-refractivity contribution in [2.24, 2.45) is 0 Å². The fraction of sp³-hybridized carbons (Fsp3) is 0.364. The van der Waals surface area contributed by atoms with Crippen LogP contribution in [0.2, 0.25) is 0 Å². The average molecular weight is 246 g/mol. The third-order valence-corrected chi connectivity index (χ3v) is 2.07. The van der Waals surface area contributed by atoms with Gasteiger partial charge in [-0.2, -0.15) is 13.2 Å². The van der Waals surface area contributed by atoms with Crippen LogP contribution in [0.3, 0.4) is 0 Å². The smallest absolute Gasteiger partial charge is 0.376 e. The van der Waals surface area contributed by atoms with E-state index in [0.29, 0.717) is 0 Å². The summed E-state index contributed by atoms with van der Waals surface area (Å²) in [7, 11) is 0. The van der Waals surface area contributed by atoms with Crippen LogP contribution < -0.4 is 10.6 Å². The van der Waals surface area contributed by atoms with Gasteiger partial charge in [-0.05, 0) is 18.6 Å². The molecule has 0 spiro atoms. The first-order valence-corrected chi connectivity index (χ1v) is 5.01. The Kier molecular flexibility index (Phi) is 4.37. The Morgan fingerprint density at radius 3 is 2.53 bits per heavy atom. The number of anilines is 1. The van der Waals surface area contributed by atoms with Crippen molar-refractivity contribution in [2.75, 3.05) is 18.4 Å². The minimum atomic E-state index is -4.38. The first-order chi connectivity index (χ1) is 7.88. The maximum Gasteiger partial charge on any atom is 0.405 e. The molecule has 1 aromatic carbocycles. The second-order valence-corrected chi connectivity index (χ2v) is 3.56. The lowest BCUT2D eigenvalue weighted by Gasteiger charge is -2.11. The molecule has 17 heavy (non-hydrogen) atoms. The van der Waals surface area contributed by atoms with Gasteiger partial charge in [-0.25, -0.2) is 0 Å². The van der Waals surface area contributed by atoms with Gasteiger partial charge in [0.05, 0.1) is 6.54 Å². The van der Waals surface area contributed by atoms with E-state index in [4.69, 9.17) is 0 Å². The number of alkyl halides is 3. The van der Waals surface area contributed by atoms with E-state index in [9.17, 15) is 18.0 Å². The number of halogens is 3. The van der Waals surface area contributed by atoms with Crippen molar-refractivity contribution in [3.05, 3.63) is 29.8 Å². The van der Waals surface area contributed by atoms with Crippen LogP contribution in [0.15, 0.2) is 24.3 Å². The number of para-hydroxylation sites is 1. The zero-order valence-corrected chi connectivity index (χ0v) is 9.27. The van der Waals surface area contributed by atoms with E-state index in [1.54, 1.807) is 17.4 Å². The predicted molar refractivity (Wildman–Crippen MR) is 58.7 cm³/mol. The SMILES string of the molecule is Cc1ccccc1NCC(=O)NCC(F)(F)F. The molecule has 0 fully saturated rings. The molecule has 0 aliphatic rings. The molecule has 0 aliphatic heterocycles. The maximum atomic E-state index is 11.8. The minimum absolute atomic E-state index is 0.180. The summed E-state index contributed by atoms with van der Waals surface area (Å²) in [5.41, 5.74) is 1.66. The van der Waals surface area contributed by atoms with Crippen molar-refractivity contribution in [1.29, 1.82) is 0 Å². The van der Waals surface area contributed by atoms with E-state index in [0.717, 1.165) is 11.3 Å². The topological polar surface area (TPSA) is 41.1 Å². The summed E-state index contributed by atoms with van der Waals surface area (Å²) in [6.45, 7) is 0.359. The zero-order chi connectivity index (χ0) is 12.9. The second kappa shape index (κ2) is 5.56. The lowest BCUT2D eigenvalue weighted by molar-refractivity contribution is -0.137. The van der Waals surface area contributed by atoms with Gasteiger partial charge in [0.25, 0.3) is 0 Å². The van der Waals surface area contributed by atoms with E-state index < -0.39 is 18.6 Å². The molecule has 2 N–H and O–H groups in total. The maximum absolute atomic E-state index is 11.8. The molecule has 1 amide bonds. The highest BCUT2D eigenvalue weighted by Crippen LogP contribution is 2.13. The first-order valence-electron chi connectivity index (χ1n) is 5.01. The fourth-order valence-corrected chi connectivity index (χ4v) is 1.21. The highest BCUT2D eigenvalue weighted by molar-refractivity contribution is 5.80. The van der Waals surface area contributed by atoms with Crippen LogP contribution in [0.4, 0.5) is 18.9 Å². The number of aryl methyl sites for hydroxylation is 1. The van der Waals surface area contributed by atoms with E-state index in [-0.39, 0.29) is 6.54 Å². The standard InChI is InChI=1S/C11H13F3N2O/c1-8-4-2-3-5-9(8)15-6-10(17)16-7-11(12,13)14/h2-5,15H,6-7H2,1H3,(H,16,17). The molecule has 0 aliphatic carbocycles. The highest BCUT2D eigenvalue weighted by atomic mass is 19.4. The molecule has 0 heterocycles. The Hall–Kier alpha value is -1.72. The van der Waals surface area contributed by atoms with Crippen LogP contribution >= 0.6 is 0 Å². The van der Waals surface area contributed by atoms with E-state index in [1.807, 2.05) is 19.1 Å². The van der Waals surface area contributed by atoms with Crippen LogP contribution in [-0.2, 0) is 4.79 Å². The third-order valence-electron chi connectivity index (χ3n) is 2.07. The monoisotopic (exact) mass is 246 g/mol. The largest absolute Gasteiger partial charge is 0.405 e. The van der Waals surface area contributed by atoms with Crippen molar-refractivity contribution in [1.82, 2.24) is 5.32 Å². The number of amides is 1. The summed E-state index contributed by atoms with van der Waals surface area (Å²) in [5, 5.41) is 4.56. The van der Waals surface area contributed by atoms with Crippen molar-refractivity contribution in [3.8, 4) is 0 Å². The van der Waals surface area contributed by atoms with Crippen molar-refractivity contribution >= 4 is 11.6 Å². The minimum Gasteiger partial charge on any atom is -0.376 e. The molecule has 0 atom stereocenters. The second-order valence-electron chi connectivity index (χ2n) is 3.56. The van der Waals surface area contributed by atoms with Gasteiger partial charge in [-0.3, -0.25) is 4.79 Å². The number of benzene rings is 1. The Balaban J connectivity index is 2.36. The molecule has 0 unspecified atom stereocenters. The zero-order valence-electron chi connectivity index (χ0n) is 9.27. The lowest BCUT2D eigenvalue weighted by Crippen LogP contribution is -2.37. The number of carbonyl (C=O) groups is 1. The molecule has 0 saturated heterocycles. The molecule has 94 valence electrons. The molecule has 0 saturated carbocycles. The number of hydrogen-bond acceptors (Lipinski definition) is 2. The molecule has 6 heteroatoms. The summed E-state index contributed by atoms with van der Waals surface area (Å²) in [6.07, 6.45) is -4.38. The van der Waals surface area contributed by atoms with Crippen LogP contribution in [-0.4, -0.2) is 25.2 Å². The third kappa shape index (κ3) is 5.24. The van der Waals surface area contributed by atoms with E-state index in [2.05, 4.69) is 5.32 Å². The Bertz CT molecular complexity index is 391. The Morgan fingerprint density at radius 1 is 1.29 bits per heavy atom. The summed E-state index contributed by atoms with van der Waals surface area (Å²) in [5.74, 6) is -0.689. The normalized spacial score (nSPS) is 11.1. The number of carbonyl (C=O) groups excluding carboxylic acids is 1. The Labute approximate surface area is 97.0 Å². The van der Waals surface area contributed by atoms with E-state index >= 15 is 0 Å². The summed E-state index contributed by atoms with van der Waals surface area (Å²) < 4.78 is 35.4. The summed E-state index contributed by atoms with van der Waals surface area (Å²) >= 11 is 0. The van der Waals surface area contributed by atoms with Crippen molar-refractivity contribution in [3.63, 3.8) is 0 Å². The number of rotatable bonds is 4. The quantitative estimate of drug-likeness (QED) is 0.854. The van der Waals surface area contributed by atoms with Crippen molar-refractivity contribution < 1.29 is 18.0 Å². The van der Waals surface area contributed by atoms with E-state index in [1.165, 1.54) is 0 Å². The molecule has 0 aromatic heterocycles. The summed E-state index contributed by atoms with van der Waals surface area (Å²) in [4.78, 5) is 11.1. The molecular formula is C11H13F3N2O. The van der Waals surface area contributed by atoms with Gasteiger partial charge < -0.3 is 10.6 Å². The van der Waals surface area contributed by atoms with Crippen LogP contribution in [0.25, 0.3) is 0 Å². The Morgan fingerprint density at radius 2 is 1.94 bits per heavy atom. The molecular weight excluding hydrogens is 233 g/mol. The highest BCUT2D eigenvalue weighted by Gasteiger charge is 2.27.